The van der Waals surface area contributed by atoms with Gasteiger partial charge in [0.15, 0.2) is 0 Å². The van der Waals surface area contributed by atoms with E-state index in [4.69, 9.17) is 9.47 Å². The third-order valence-corrected chi connectivity index (χ3v) is 7.90. The number of Topliss-reactive ketones (excluding diaryl/α,β-unsaturated/α-hetero) is 2. The van der Waals surface area contributed by atoms with Crippen molar-refractivity contribution < 1.29 is 28.2 Å². The molecule has 5 rings (SSSR count). The predicted molar refractivity (Wildman–Crippen MR) is 128 cm³/mol. The molecule has 184 valence electrons. The summed E-state index contributed by atoms with van der Waals surface area (Å²) in [6.07, 6.45) is 1.99. The molecule has 0 bridgehead atoms. The van der Waals surface area contributed by atoms with E-state index in [2.05, 4.69) is 0 Å². The molecule has 1 saturated carbocycles. The van der Waals surface area contributed by atoms with Gasteiger partial charge in [-0.05, 0) is 60.1 Å². The van der Waals surface area contributed by atoms with Crippen molar-refractivity contribution in [3.63, 3.8) is 0 Å². The first-order chi connectivity index (χ1) is 16.8. The van der Waals surface area contributed by atoms with Crippen LogP contribution in [-0.4, -0.2) is 55.8 Å². The lowest BCUT2D eigenvalue weighted by Gasteiger charge is -2.45. The van der Waals surface area contributed by atoms with Gasteiger partial charge in [-0.2, -0.15) is 0 Å². The number of carbonyl (C=O) groups is 3. The molecular weight excluding hydrogens is 449 g/mol. The topological polar surface area (TPSA) is 72.9 Å². The van der Waals surface area contributed by atoms with Crippen LogP contribution < -0.4 is 4.74 Å². The molecule has 1 spiro atoms. The molecule has 2 saturated heterocycles. The first-order valence-corrected chi connectivity index (χ1v) is 12.2. The Hall–Kier alpha value is -3.06. The van der Waals surface area contributed by atoms with Crippen molar-refractivity contribution in [3.8, 4) is 16.9 Å². The molecule has 3 fully saturated rings. The molecule has 0 radical (unpaired) electrons. The molecule has 1 aliphatic carbocycles. The molecule has 0 aromatic heterocycles. The second-order valence-electron chi connectivity index (χ2n) is 10.2. The molecule has 2 aromatic rings. The third-order valence-electron chi connectivity index (χ3n) is 7.90. The van der Waals surface area contributed by atoms with Crippen LogP contribution in [0.4, 0.5) is 4.39 Å². The highest BCUT2D eigenvalue weighted by Gasteiger charge is 2.48. The lowest BCUT2D eigenvalue weighted by atomic mass is 9.63. The van der Waals surface area contributed by atoms with Gasteiger partial charge in [0.25, 0.3) is 0 Å². The number of carbonyl (C=O) groups excluding carboxylic acids is 3. The fourth-order valence-corrected chi connectivity index (χ4v) is 5.81. The Labute approximate surface area is 204 Å². The maximum absolute atomic E-state index is 13.5. The quantitative estimate of drug-likeness (QED) is 0.618. The molecule has 2 aromatic carbocycles. The van der Waals surface area contributed by atoms with E-state index in [9.17, 15) is 18.8 Å². The van der Waals surface area contributed by atoms with Gasteiger partial charge < -0.3 is 14.4 Å². The molecular formula is C28H30FNO5. The Balaban J connectivity index is 1.35. The number of ether oxygens (including phenoxy) is 2. The molecule has 3 aliphatic rings. The molecule has 0 atom stereocenters. The van der Waals surface area contributed by atoms with Crippen LogP contribution >= 0.6 is 0 Å². The maximum atomic E-state index is 13.5. The number of hydrogen-bond donors (Lipinski definition) is 0. The molecule has 1 amide bonds. The number of halogens is 1. The second kappa shape index (κ2) is 9.19. The first-order valence-electron chi connectivity index (χ1n) is 12.2. The third kappa shape index (κ3) is 4.38. The van der Waals surface area contributed by atoms with Gasteiger partial charge in [-0.1, -0.05) is 18.2 Å². The van der Waals surface area contributed by atoms with Crippen LogP contribution in [0.5, 0.6) is 5.75 Å². The fourth-order valence-electron chi connectivity index (χ4n) is 5.81. The van der Waals surface area contributed by atoms with Gasteiger partial charge in [-0.25, -0.2) is 4.39 Å². The number of piperidine rings is 1. The van der Waals surface area contributed by atoms with Crippen LogP contribution in [0.2, 0.25) is 0 Å². The lowest BCUT2D eigenvalue weighted by molar-refractivity contribution is -0.153. The van der Waals surface area contributed by atoms with Crippen molar-refractivity contribution in [2.45, 2.75) is 38.5 Å². The van der Waals surface area contributed by atoms with Crippen LogP contribution in [0.15, 0.2) is 36.4 Å². The van der Waals surface area contributed by atoms with Crippen molar-refractivity contribution in [3.05, 3.63) is 53.3 Å². The number of ketones is 2. The zero-order chi connectivity index (χ0) is 24.7. The summed E-state index contributed by atoms with van der Waals surface area (Å²) in [5, 5.41) is 0. The smallest absolute Gasteiger partial charge is 0.230 e. The highest BCUT2D eigenvalue weighted by atomic mass is 19.1. The van der Waals surface area contributed by atoms with E-state index in [0.717, 1.165) is 16.7 Å². The number of hydrogen-bond acceptors (Lipinski definition) is 5. The summed E-state index contributed by atoms with van der Waals surface area (Å²) in [6.45, 7) is 4.01. The molecule has 35 heavy (non-hydrogen) atoms. The van der Waals surface area contributed by atoms with Crippen molar-refractivity contribution >= 4 is 17.5 Å². The minimum Gasteiger partial charge on any atom is -0.496 e. The number of methoxy groups -OCH3 is 1. The van der Waals surface area contributed by atoms with E-state index in [0.29, 0.717) is 63.3 Å². The molecule has 0 N–H and O–H groups in total. The number of benzene rings is 2. The average Bonchev–Trinajstić information content (AvgIpc) is 2.79. The highest BCUT2D eigenvalue weighted by molar-refractivity contribution is 6.11. The molecule has 6 nitrogen and oxygen atoms in total. The van der Waals surface area contributed by atoms with E-state index in [-0.39, 0.29) is 34.6 Å². The van der Waals surface area contributed by atoms with Gasteiger partial charge in [0, 0.05) is 31.5 Å². The largest absolute Gasteiger partial charge is 0.496 e. The number of amides is 1. The van der Waals surface area contributed by atoms with Gasteiger partial charge in [0.05, 0.1) is 26.2 Å². The number of rotatable bonds is 4. The summed E-state index contributed by atoms with van der Waals surface area (Å²) >= 11 is 0. The Morgan fingerprint density at radius 2 is 1.66 bits per heavy atom. The predicted octanol–water partition coefficient (Wildman–Crippen LogP) is 4.08. The van der Waals surface area contributed by atoms with Gasteiger partial charge in [0.1, 0.15) is 29.1 Å². The van der Waals surface area contributed by atoms with Crippen LogP contribution in [-0.2, 0) is 19.1 Å². The Bertz CT molecular complexity index is 1140. The summed E-state index contributed by atoms with van der Waals surface area (Å²) in [6, 6.07) is 9.92. The summed E-state index contributed by atoms with van der Waals surface area (Å²) in [7, 11) is 1.53. The number of nitrogens with zero attached hydrogens (tertiary/aromatic N) is 1. The minimum atomic E-state index is -0.843. The van der Waals surface area contributed by atoms with Crippen molar-refractivity contribution in [2.75, 3.05) is 33.4 Å². The number of aryl methyl sites for hydroxylation is 1. The molecule has 7 heteroatoms. The molecule has 2 heterocycles. The van der Waals surface area contributed by atoms with Crippen LogP contribution in [0.25, 0.3) is 11.1 Å². The van der Waals surface area contributed by atoms with Crippen molar-refractivity contribution in [1.29, 1.82) is 0 Å². The van der Waals surface area contributed by atoms with E-state index in [1.165, 1.54) is 19.2 Å². The Morgan fingerprint density at radius 3 is 2.20 bits per heavy atom. The molecule has 0 unspecified atom stereocenters. The summed E-state index contributed by atoms with van der Waals surface area (Å²) in [5.74, 6) is -0.738. The second-order valence-corrected chi connectivity index (χ2v) is 10.2. The fraction of sp³-hybridized carbons (Fsp3) is 0.464. The summed E-state index contributed by atoms with van der Waals surface area (Å²) in [4.78, 5) is 41.3. The average molecular weight is 480 g/mol. The van der Waals surface area contributed by atoms with Gasteiger partial charge in [-0.15, -0.1) is 0 Å². The van der Waals surface area contributed by atoms with E-state index in [1.807, 2.05) is 24.0 Å². The van der Waals surface area contributed by atoms with E-state index >= 15 is 0 Å². The van der Waals surface area contributed by atoms with Crippen LogP contribution in [0, 0.1) is 24.1 Å². The van der Waals surface area contributed by atoms with E-state index in [1.54, 1.807) is 12.1 Å². The Morgan fingerprint density at radius 1 is 1.03 bits per heavy atom. The highest BCUT2D eigenvalue weighted by Crippen LogP contribution is 2.48. The first kappa shape index (κ1) is 23.7. The standard InChI is InChI=1S/C28H30FNO5/c1-17-11-19(18-3-5-21(29)6-4-18)12-24(34-2)25(17)26-22(31)13-28(14-23(26)32)7-9-30(10-8-28)27(33)20-15-35-16-20/h3-6,11-12,20,26H,7-10,13-16H2,1-2H3. The monoisotopic (exact) mass is 479 g/mol. The minimum absolute atomic E-state index is 0.0450. The van der Waals surface area contributed by atoms with Gasteiger partial charge in [-0.3, -0.25) is 14.4 Å². The SMILES string of the molecule is COc1cc(-c2ccc(F)cc2)cc(C)c1C1C(=O)CC2(CCN(C(=O)C3COC3)CC2)CC1=O. The van der Waals surface area contributed by atoms with Crippen LogP contribution in [0.1, 0.15) is 42.7 Å². The van der Waals surface area contributed by atoms with Crippen molar-refractivity contribution in [2.24, 2.45) is 11.3 Å². The van der Waals surface area contributed by atoms with Gasteiger partial charge >= 0.3 is 0 Å². The maximum Gasteiger partial charge on any atom is 0.230 e. The van der Waals surface area contributed by atoms with Crippen LogP contribution in [0.3, 0.4) is 0 Å². The molecule has 2 aliphatic heterocycles. The van der Waals surface area contributed by atoms with Crippen molar-refractivity contribution in [1.82, 2.24) is 4.90 Å². The zero-order valence-electron chi connectivity index (χ0n) is 20.1. The lowest BCUT2D eigenvalue weighted by Crippen LogP contribution is -2.52. The summed E-state index contributed by atoms with van der Waals surface area (Å²) in [5.41, 5.74) is 2.72. The summed E-state index contributed by atoms with van der Waals surface area (Å²) < 4.78 is 24.1. The number of likely N-dealkylation sites (tertiary alicyclic amines) is 1. The van der Waals surface area contributed by atoms with Gasteiger partial charge in [0.2, 0.25) is 5.91 Å². The normalized spacial score (nSPS) is 20.7. The zero-order valence-corrected chi connectivity index (χ0v) is 20.1. The Kier molecular flexibility index (Phi) is 6.21. The van der Waals surface area contributed by atoms with E-state index < -0.39 is 5.92 Å².